The second-order valence-electron chi connectivity index (χ2n) is 6.36. The van der Waals surface area contributed by atoms with Gasteiger partial charge in [0, 0.05) is 32.1 Å². The van der Waals surface area contributed by atoms with E-state index in [1.807, 2.05) is 11.7 Å². The normalized spacial score (nSPS) is 21.4. The smallest absolute Gasteiger partial charge is 0.211 e. The van der Waals surface area contributed by atoms with Gasteiger partial charge >= 0.3 is 0 Å². The van der Waals surface area contributed by atoms with Crippen LogP contribution in [0.2, 0.25) is 0 Å². The number of nitrogens with zero attached hydrogens (tertiary/aromatic N) is 4. The molecule has 2 aliphatic rings. The van der Waals surface area contributed by atoms with Crippen LogP contribution in [0, 0.1) is 0 Å². The molecule has 0 bridgehead atoms. The lowest BCUT2D eigenvalue weighted by Gasteiger charge is -2.31. The summed E-state index contributed by atoms with van der Waals surface area (Å²) < 4.78 is 27.9. The summed E-state index contributed by atoms with van der Waals surface area (Å²) in [7, 11) is -1.14. The van der Waals surface area contributed by atoms with Crippen molar-refractivity contribution in [2.45, 2.75) is 51.1 Å². The highest BCUT2D eigenvalue weighted by atomic mass is 32.2. The van der Waals surface area contributed by atoms with E-state index in [1.54, 1.807) is 6.92 Å². The van der Waals surface area contributed by atoms with Gasteiger partial charge in [0.1, 0.15) is 5.82 Å². The Morgan fingerprint density at radius 3 is 2.50 bits per heavy atom. The molecule has 8 heteroatoms. The molecule has 2 heterocycles. The van der Waals surface area contributed by atoms with Gasteiger partial charge in [0.25, 0.3) is 0 Å². The molecule has 7 nitrogen and oxygen atoms in total. The molecule has 3 rings (SSSR count). The van der Waals surface area contributed by atoms with Gasteiger partial charge in [0.15, 0.2) is 5.82 Å². The van der Waals surface area contributed by atoms with Crippen LogP contribution >= 0.6 is 0 Å². The third-order valence-corrected chi connectivity index (χ3v) is 5.94. The lowest BCUT2D eigenvalue weighted by atomic mass is 10.1. The van der Waals surface area contributed by atoms with Gasteiger partial charge in [-0.3, -0.25) is 9.58 Å². The maximum Gasteiger partial charge on any atom is 0.211 e. The first-order valence-corrected chi connectivity index (χ1v) is 9.74. The van der Waals surface area contributed by atoms with Crippen LogP contribution in [-0.4, -0.2) is 53.0 Å². The zero-order valence-electron chi connectivity index (χ0n) is 13.3. The summed E-state index contributed by atoms with van der Waals surface area (Å²) in [4.78, 5) is 6.99. The summed E-state index contributed by atoms with van der Waals surface area (Å²) in [6.45, 7) is 4.25. The summed E-state index contributed by atoms with van der Waals surface area (Å²) in [6, 6.07) is 0.0720. The molecule has 0 amide bonds. The Hall–Kier alpha value is -0.990. The molecule has 1 saturated carbocycles. The minimum absolute atomic E-state index is 0.0720. The van der Waals surface area contributed by atoms with Crippen LogP contribution in [0.1, 0.15) is 50.2 Å². The summed E-state index contributed by atoms with van der Waals surface area (Å²) in [5.74, 6) is 2.72. The van der Waals surface area contributed by atoms with Crippen LogP contribution in [-0.2, 0) is 23.6 Å². The largest absolute Gasteiger partial charge is 0.296 e. The van der Waals surface area contributed by atoms with Crippen molar-refractivity contribution in [3.8, 4) is 0 Å². The monoisotopic (exact) mass is 327 g/mol. The number of hydrogen-bond donors (Lipinski definition) is 1. The minimum Gasteiger partial charge on any atom is -0.296 e. The van der Waals surface area contributed by atoms with E-state index >= 15 is 0 Å². The molecule has 124 valence electrons. The third-order valence-electron chi connectivity index (χ3n) is 4.49. The standard InChI is InChI=1S/C14H25N5O2S/c1-3-22(20,21)17-12-6-8-19(9-7-12)10-13-15-14(11-4-5-11)16-18(13)2/h11-12,17H,3-10H2,1-2H3. The van der Waals surface area contributed by atoms with Gasteiger partial charge in [-0.1, -0.05) is 0 Å². The van der Waals surface area contributed by atoms with E-state index in [2.05, 4.69) is 19.7 Å². The van der Waals surface area contributed by atoms with Gasteiger partial charge in [-0.05, 0) is 32.6 Å². The van der Waals surface area contributed by atoms with Crippen LogP contribution in [0.25, 0.3) is 0 Å². The van der Waals surface area contributed by atoms with Crippen molar-refractivity contribution in [3.05, 3.63) is 11.6 Å². The summed E-state index contributed by atoms with van der Waals surface area (Å²) >= 11 is 0. The molecule has 0 atom stereocenters. The lowest BCUT2D eigenvalue weighted by molar-refractivity contribution is 0.193. The van der Waals surface area contributed by atoms with Gasteiger partial charge in [-0.2, -0.15) is 5.10 Å². The highest BCUT2D eigenvalue weighted by molar-refractivity contribution is 7.89. The number of likely N-dealkylation sites (tertiary alicyclic amines) is 1. The van der Waals surface area contributed by atoms with E-state index in [0.717, 1.165) is 44.1 Å². The topological polar surface area (TPSA) is 80.1 Å². The third kappa shape index (κ3) is 3.85. The van der Waals surface area contributed by atoms with E-state index in [0.29, 0.717) is 5.92 Å². The molecule has 1 aliphatic heterocycles. The van der Waals surface area contributed by atoms with Crippen molar-refractivity contribution >= 4 is 10.0 Å². The Balaban J connectivity index is 1.51. The van der Waals surface area contributed by atoms with E-state index < -0.39 is 10.0 Å². The van der Waals surface area contributed by atoms with Gasteiger partial charge < -0.3 is 0 Å². The highest BCUT2D eigenvalue weighted by Crippen LogP contribution is 2.38. The average Bonchev–Trinajstić information content (AvgIpc) is 3.27. The fourth-order valence-corrected chi connectivity index (χ4v) is 3.75. The van der Waals surface area contributed by atoms with E-state index in [4.69, 9.17) is 0 Å². The van der Waals surface area contributed by atoms with Crippen LogP contribution in [0.4, 0.5) is 0 Å². The Kier molecular flexibility index (Phi) is 4.52. The Morgan fingerprint density at radius 1 is 1.23 bits per heavy atom. The maximum absolute atomic E-state index is 11.6. The summed E-state index contributed by atoms with van der Waals surface area (Å²) in [5.41, 5.74) is 0. The molecule has 1 N–H and O–H groups in total. The number of rotatable bonds is 6. The molecule has 1 aliphatic carbocycles. The van der Waals surface area contributed by atoms with Crippen LogP contribution < -0.4 is 4.72 Å². The molecule has 22 heavy (non-hydrogen) atoms. The number of nitrogens with one attached hydrogen (secondary N) is 1. The SMILES string of the molecule is CCS(=O)(=O)NC1CCN(Cc2nc(C3CC3)nn2C)CC1. The maximum atomic E-state index is 11.6. The van der Waals surface area contributed by atoms with E-state index in [1.165, 1.54) is 12.8 Å². The number of sulfonamides is 1. The van der Waals surface area contributed by atoms with Crippen LogP contribution in [0.15, 0.2) is 0 Å². The lowest BCUT2D eigenvalue weighted by Crippen LogP contribution is -2.44. The number of hydrogen-bond acceptors (Lipinski definition) is 5. The second-order valence-corrected chi connectivity index (χ2v) is 8.40. The van der Waals surface area contributed by atoms with Crippen LogP contribution in [0.5, 0.6) is 0 Å². The molecule has 2 fully saturated rings. The Bertz CT molecular complexity index is 615. The second kappa shape index (κ2) is 6.25. The van der Waals surface area contributed by atoms with Gasteiger partial charge in [0.05, 0.1) is 12.3 Å². The van der Waals surface area contributed by atoms with Crippen molar-refractivity contribution in [1.82, 2.24) is 24.4 Å². The highest BCUT2D eigenvalue weighted by Gasteiger charge is 2.29. The Morgan fingerprint density at radius 2 is 1.91 bits per heavy atom. The van der Waals surface area contributed by atoms with Crippen molar-refractivity contribution in [2.24, 2.45) is 7.05 Å². The number of aromatic nitrogens is 3. The molecule has 0 unspecified atom stereocenters. The first kappa shape index (κ1) is 15.9. The van der Waals surface area contributed by atoms with Crippen molar-refractivity contribution in [3.63, 3.8) is 0 Å². The Labute approximate surface area is 132 Å². The summed E-state index contributed by atoms with van der Waals surface area (Å²) in [5, 5.41) is 4.50. The van der Waals surface area contributed by atoms with Crippen molar-refractivity contribution in [1.29, 1.82) is 0 Å². The molecule has 1 aromatic heterocycles. The molecule has 1 aromatic rings. The van der Waals surface area contributed by atoms with Gasteiger partial charge in [-0.15, -0.1) is 0 Å². The molecule has 0 radical (unpaired) electrons. The summed E-state index contributed by atoms with van der Waals surface area (Å²) in [6.07, 6.45) is 4.14. The predicted octanol–water partition coefficient (Wildman–Crippen LogP) is 0.596. The fourth-order valence-electron chi connectivity index (χ4n) is 2.84. The average molecular weight is 327 g/mol. The quantitative estimate of drug-likeness (QED) is 0.827. The zero-order valence-corrected chi connectivity index (χ0v) is 14.1. The number of piperidine rings is 1. The van der Waals surface area contributed by atoms with Gasteiger partial charge in [0.2, 0.25) is 10.0 Å². The van der Waals surface area contributed by atoms with Crippen LogP contribution in [0.3, 0.4) is 0 Å². The molecule has 0 aromatic carbocycles. The predicted molar refractivity (Wildman–Crippen MR) is 83.9 cm³/mol. The van der Waals surface area contributed by atoms with Crippen molar-refractivity contribution < 1.29 is 8.42 Å². The molecular weight excluding hydrogens is 302 g/mol. The molecular formula is C14H25N5O2S. The van der Waals surface area contributed by atoms with E-state index in [-0.39, 0.29) is 11.8 Å². The first-order valence-electron chi connectivity index (χ1n) is 8.09. The number of aryl methyl sites for hydroxylation is 1. The van der Waals surface area contributed by atoms with Gasteiger partial charge in [-0.25, -0.2) is 18.1 Å². The first-order chi connectivity index (χ1) is 10.5. The molecule has 1 saturated heterocycles. The zero-order chi connectivity index (χ0) is 15.7. The fraction of sp³-hybridized carbons (Fsp3) is 0.857. The molecule has 0 spiro atoms. The minimum atomic E-state index is -3.10. The van der Waals surface area contributed by atoms with E-state index in [9.17, 15) is 8.42 Å². The van der Waals surface area contributed by atoms with Crippen molar-refractivity contribution in [2.75, 3.05) is 18.8 Å².